The molecular formula is C15H19NO3. The van der Waals surface area contributed by atoms with Crippen molar-refractivity contribution in [2.24, 2.45) is 0 Å². The Hall–Kier alpha value is -1.81. The van der Waals surface area contributed by atoms with E-state index in [1.54, 1.807) is 12.1 Å². The molecule has 102 valence electrons. The Kier molecular flexibility index (Phi) is 3.90. The van der Waals surface area contributed by atoms with Gasteiger partial charge in [0.05, 0.1) is 5.56 Å². The van der Waals surface area contributed by atoms with Crippen LogP contribution in [0.5, 0.6) is 0 Å². The zero-order valence-electron chi connectivity index (χ0n) is 11.3. The SMILES string of the molecule is CCn1c(C)c(CCCO)c2c(C(=O)O)cccc21. The summed E-state index contributed by atoms with van der Waals surface area (Å²) in [6.07, 6.45) is 1.35. The number of hydrogen-bond donors (Lipinski definition) is 2. The first-order valence-corrected chi connectivity index (χ1v) is 6.56. The van der Waals surface area contributed by atoms with Gasteiger partial charge in [-0.05, 0) is 44.4 Å². The lowest BCUT2D eigenvalue weighted by Crippen LogP contribution is -1.99. The van der Waals surface area contributed by atoms with Crippen molar-refractivity contribution in [2.45, 2.75) is 33.2 Å². The molecule has 0 bridgehead atoms. The van der Waals surface area contributed by atoms with Crippen LogP contribution in [0.4, 0.5) is 0 Å². The fourth-order valence-electron chi connectivity index (χ4n) is 2.75. The summed E-state index contributed by atoms with van der Waals surface area (Å²) in [5.74, 6) is -0.899. The van der Waals surface area contributed by atoms with Crippen molar-refractivity contribution in [3.63, 3.8) is 0 Å². The van der Waals surface area contributed by atoms with E-state index >= 15 is 0 Å². The fraction of sp³-hybridized carbons (Fsp3) is 0.400. The van der Waals surface area contributed by atoms with Gasteiger partial charge in [-0.25, -0.2) is 4.79 Å². The summed E-state index contributed by atoms with van der Waals surface area (Å²) in [6, 6.07) is 5.39. The number of rotatable bonds is 5. The number of carboxylic acid groups (broad SMARTS) is 1. The maximum Gasteiger partial charge on any atom is 0.336 e. The summed E-state index contributed by atoms with van der Waals surface area (Å²) in [5, 5.41) is 19.2. The van der Waals surface area contributed by atoms with Crippen LogP contribution in [-0.2, 0) is 13.0 Å². The third kappa shape index (κ3) is 2.24. The van der Waals surface area contributed by atoms with Gasteiger partial charge in [-0.3, -0.25) is 0 Å². The molecule has 0 saturated heterocycles. The van der Waals surface area contributed by atoms with Crippen LogP contribution in [0.3, 0.4) is 0 Å². The summed E-state index contributed by atoms with van der Waals surface area (Å²) in [5.41, 5.74) is 3.46. The fourth-order valence-corrected chi connectivity index (χ4v) is 2.75. The summed E-state index contributed by atoms with van der Waals surface area (Å²) >= 11 is 0. The summed E-state index contributed by atoms with van der Waals surface area (Å²) in [7, 11) is 0. The molecule has 19 heavy (non-hydrogen) atoms. The van der Waals surface area contributed by atoms with Crippen molar-refractivity contribution in [3.8, 4) is 0 Å². The van der Waals surface area contributed by atoms with Gasteiger partial charge in [0.25, 0.3) is 0 Å². The predicted molar refractivity (Wildman–Crippen MR) is 74.7 cm³/mol. The number of fused-ring (bicyclic) bond motifs is 1. The topological polar surface area (TPSA) is 62.5 Å². The zero-order chi connectivity index (χ0) is 14.0. The van der Waals surface area contributed by atoms with Crippen LogP contribution in [0.2, 0.25) is 0 Å². The molecule has 2 N–H and O–H groups in total. The van der Waals surface area contributed by atoms with Crippen molar-refractivity contribution < 1.29 is 15.0 Å². The number of aromatic nitrogens is 1. The van der Waals surface area contributed by atoms with E-state index in [0.717, 1.165) is 28.7 Å². The number of aromatic carboxylic acids is 1. The van der Waals surface area contributed by atoms with E-state index in [2.05, 4.69) is 11.5 Å². The molecule has 0 aliphatic heterocycles. The predicted octanol–water partition coefficient (Wildman–Crippen LogP) is 2.59. The lowest BCUT2D eigenvalue weighted by Gasteiger charge is -2.04. The molecule has 4 nitrogen and oxygen atoms in total. The van der Waals surface area contributed by atoms with Gasteiger partial charge in [0, 0.05) is 29.7 Å². The Labute approximate surface area is 112 Å². The van der Waals surface area contributed by atoms with Crippen LogP contribution < -0.4 is 0 Å². The van der Waals surface area contributed by atoms with Crippen molar-refractivity contribution in [3.05, 3.63) is 35.0 Å². The standard InChI is InChI=1S/C15H19NO3/c1-3-16-10(2)11(7-5-9-17)14-12(15(18)19)6-4-8-13(14)16/h4,6,8,17H,3,5,7,9H2,1-2H3,(H,18,19). The average Bonchev–Trinajstić information content (AvgIpc) is 2.67. The largest absolute Gasteiger partial charge is 0.478 e. The Bertz CT molecular complexity index is 613. The highest BCUT2D eigenvalue weighted by atomic mass is 16.4. The molecule has 0 aliphatic rings. The van der Waals surface area contributed by atoms with Crippen LogP contribution in [0.15, 0.2) is 18.2 Å². The average molecular weight is 261 g/mol. The summed E-state index contributed by atoms with van der Waals surface area (Å²) in [6.45, 7) is 5.00. The van der Waals surface area contributed by atoms with Gasteiger partial charge < -0.3 is 14.8 Å². The molecule has 0 spiro atoms. The van der Waals surface area contributed by atoms with Crippen molar-refractivity contribution in [2.75, 3.05) is 6.61 Å². The molecule has 0 atom stereocenters. The van der Waals surface area contributed by atoms with Gasteiger partial charge in [-0.1, -0.05) is 6.07 Å². The highest BCUT2D eigenvalue weighted by Gasteiger charge is 2.18. The normalized spacial score (nSPS) is 11.1. The monoisotopic (exact) mass is 261 g/mol. The molecular weight excluding hydrogens is 242 g/mol. The van der Waals surface area contributed by atoms with Crippen LogP contribution in [-0.4, -0.2) is 27.4 Å². The summed E-state index contributed by atoms with van der Waals surface area (Å²) in [4.78, 5) is 11.4. The van der Waals surface area contributed by atoms with Gasteiger partial charge in [0.15, 0.2) is 0 Å². The van der Waals surface area contributed by atoms with Crippen molar-refractivity contribution >= 4 is 16.9 Å². The van der Waals surface area contributed by atoms with E-state index < -0.39 is 5.97 Å². The third-order valence-electron chi connectivity index (χ3n) is 3.61. The summed E-state index contributed by atoms with van der Waals surface area (Å²) < 4.78 is 2.13. The van der Waals surface area contributed by atoms with Gasteiger partial charge in [0.1, 0.15) is 0 Å². The molecule has 1 aromatic carbocycles. The molecule has 0 amide bonds. The molecule has 0 aliphatic carbocycles. The minimum Gasteiger partial charge on any atom is -0.478 e. The van der Waals surface area contributed by atoms with Crippen molar-refractivity contribution in [1.29, 1.82) is 0 Å². The number of carbonyl (C=O) groups is 1. The highest BCUT2D eigenvalue weighted by Crippen LogP contribution is 2.30. The van der Waals surface area contributed by atoms with Crippen molar-refractivity contribution in [1.82, 2.24) is 4.57 Å². The quantitative estimate of drug-likeness (QED) is 0.869. The van der Waals surface area contributed by atoms with E-state index in [1.165, 1.54) is 0 Å². The molecule has 2 rings (SSSR count). The third-order valence-corrected chi connectivity index (χ3v) is 3.61. The minimum absolute atomic E-state index is 0.119. The lowest BCUT2D eigenvalue weighted by molar-refractivity contribution is 0.0699. The van der Waals surface area contributed by atoms with Crippen LogP contribution in [0, 0.1) is 6.92 Å². The lowest BCUT2D eigenvalue weighted by atomic mass is 10.0. The van der Waals surface area contributed by atoms with Crippen LogP contribution >= 0.6 is 0 Å². The number of benzene rings is 1. The van der Waals surface area contributed by atoms with Crippen LogP contribution in [0.1, 0.15) is 35.0 Å². The molecule has 0 saturated carbocycles. The second kappa shape index (κ2) is 5.45. The zero-order valence-corrected chi connectivity index (χ0v) is 11.3. The molecule has 4 heteroatoms. The van der Waals surface area contributed by atoms with Crippen LogP contribution in [0.25, 0.3) is 10.9 Å². The highest BCUT2D eigenvalue weighted by molar-refractivity contribution is 6.05. The first-order valence-electron chi connectivity index (χ1n) is 6.56. The Morgan fingerprint density at radius 1 is 1.37 bits per heavy atom. The van der Waals surface area contributed by atoms with Gasteiger partial charge in [-0.2, -0.15) is 0 Å². The van der Waals surface area contributed by atoms with E-state index in [9.17, 15) is 9.90 Å². The second-order valence-corrected chi connectivity index (χ2v) is 4.64. The molecule has 0 radical (unpaired) electrons. The molecule has 0 fully saturated rings. The molecule has 1 aromatic heterocycles. The number of hydrogen-bond acceptors (Lipinski definition) is 2. The number of aliphatic hydroxyl groups is 1. The number of nitrogens with zero attached hydrogens (tertiary/aromatic N) is 1. The maximum atomic E-state index is 11.4. The Balaban J connectivity index is 2.76. The molecule has 2 aromatic rings. The molecule has 1 heterocycles. The number of carboxylic acids is 1. The van der Waals surface area contributed by atoms with E-state index in [0.29, 0.717) is 18.4 Å². The first-order chi connectivity index (χ1) is 9.11. The van der Waals surface area contributed by atoms with E-state index in [-0.39, 0.29) is 6.61 Å². The van der Waals surface area contributed by atoms with Gasteiger partial charge >= 0.3 is 5.97 Å². The second-order valence-electron chi connectivity index (χ2n) is 4.64. The Morgan fingerprint density at radius 3 is 2.68 bits per heavy atom. The van der Waals surface area contributed by atoms with Gasteiger partial charge in [-0.15, -0.1) is 0 Å². The van der Waals surface area contributed by atoms with E-state index in [4.69, 9.17) is 5.11 Å². The maximum absolute atomic E-state index is 11.4. The number of aryl methyl sites for hydroxylation is 2. The minimum atomic E-state index is -0.899. The molecule has 0 unspecified atom stereocenters. The van der Waals surface area contributed by atoms with E-state index in [1.807, 2.05) is 13.0 Å². The first kappa shape index (κ1) is 13.6. The number of aliphatic hydroxyl groups excluding tert-OH is 1. The smallest absolute Gasteiger partial charge is 0.336 e. The van der Waals surface area contributed by atoms with Gasteiger partial charge in [0.2, 0.25) is 0 Å². The Morgan fingerprint density at radius 2 is 2.11 bits per heavy atom.